The van der Waals surface area contributed by atoms with Gasteiger partial charge in [0.25, 0.3) is 5.91 Å². The van der Waals surface area contributed by atoms with Crippen LogP contribution in [0.25, 0.3) is 0 Å². The van der Waals surface area contributed by atoms with E-state index in [4.69, 9.17) is 5.84 Å². The molecule has 2 rings (SSSR count). The van der Waals surface area contributed by atoms with Gasteiger partial charge >= 0.3 is 0 Å². The zero-order chi connectivity index (χ0) is 14.4. The van der Waals surface area contributed by atoms with Gasteiger partial charge in [0.15, 0.2) is 5.82 Å². The first kappa shape index (κ1) is 14.4. The average molecular weight is 336 g/mol. The summed E-state index contributed by atoms with van der Waals surface area (Å²) in [5.41, 5.74) is 3.73. The number of amides is 1. The topological polar surface area (TPSA) is 92.9 Å². The highest BCUT2D eigenvalue weighted by Crippen LogP contribution is 2.17. The summed E-state index contributed by atoms with van der Waals surface area (Å²) >= 11 is 3.28. The summed E-state index contributed by atoms with van der Waals surface area (Å²) in [6.07, 6.45) is 3.96. The molecular formula is C13H14BrN5O. The van der Waals surface area contributed by atoms with Gasteiger partial charge in [0.2, 0.25) is 0 Å². The lowest BCUT2D eigenvalue weighted by atomic mass is 10.2. The van der Waals surface area contributed by atoms with E-state index in [0.717, 1.165) is 5.69 Å². The van der Waals surface area contributed by atoms with Gasteiger partial charge in [-0.1, -0.05) is 6.07 Å². The largest absolute Gasteiger partial charge is 0.352 e. The Morgan fingerprint density at radius 1 is 1.35 bits per heavy atom. The van der Waals surface area contributed by atoms with Crippen LogP contribution in [0.1, 0.15) is 16.1 Å². The number of nitrogens with one attached hydrogen (secondary N) is 2. The van der Waals surface area contributed by atoms with Crippen molar-refractivity contribution in [2.45, 2.75) is 6.42 Å². The Bertz CT molecular complexity index is 591. The molecule has 0 unspecified atom stereocenters. The van der Waals surface area contributed by atoms with Crippen LogP contribution in [0.5, 0.6) is 0 Å². The van der Waals surface area contributed by atoms with E-state index in [1.54, 1.807) is 18.5 Å². The standard InChI is InChI=1S/C13H14BrN5O/c14-9-7-11(12(19-15)18-8-9)13(20)17-6-4-10-3-1-2-5-16-10/h1-3,5,7-8H,4,6,15H2,(H,17,20)(H,18,19). The van der Waals surface area contributed by atoms with Gasteiger partial charge in [-0.05, 0) is 34.1 Å². The van der Waals surface area contributed by atoms with Crippen molar-refractivity contribution in [1.82, 2.24) is 15.3 Å². The third kappa shape index (κ3) is 3.75. The highest BCUT2D eigenvalue weighted by atomic mass is 79.9. The Labute approximate surface area is 124 Å². The van der Waals surface area contributed by atoms with Gasteiger partial charge < -0.3 is 10.7 Å². The minimum absolute atomic E-state index is 0.234. The predicted molar refractivity (Wildman–Crippen MR) is 80.0 cm³/mol. The fourth-order valence-electron chi connectivity index (χ4n) is 1.67. The molecule has 0 atom stereocenters. The van der Waals surface area contributed by atoms with Crippen molar-refractivity contribution in [3.8, 4) is 0 Å². The Hall–Kier alpha value is -1.99. The molecule has 20 heavy (non-hydrogen) atoms. The van der Waals surface area contributed by atoms with Crippen LogP contribution in [-0.4, -0.2) is 22.4 Å². The second-order valence-corrected chi connectivity index (χ2v) is 4.94. The van der Waals surface area contributed by atoms with Crippen LogP contribution in [0, 0.1) is 0 Å². The lowest BCUT2D eigenvalue weighted by molar-refractivity contribution is 0.0954. The molecule has 2 aromatic heterocycles. The second-order valence-electron chi connectivity index (χ2n) is 4.02. The molecule has 0 saturated heterocycles. The van der Waals surface area contributed by atoms with Gasteiger partial charge in [0, 0.05) is 35.5 Å². The fourth-order valence-corrected chi connectivity index (χ4v) is 2.00. The smallest absolute Gasteiger partial charge is 0.255 e. The SMILES string of the molecule is NNc1ncc(Br)cc1C(=O)NCCc1ccccn1. The summed E-state index contributed by atoms with van der Waals surface area (Å²) in [6, 6.07) is 7.35. The number of carbonyl (C=O) groups excluding carboxylic acids is 1. The minimum Gasteiger partial charge on any atom is -0.352 e. The maximum Gasteiger partial charge on any atom is 0.255 e. The molecule has 4 N–H and O–H groups in total. The molecule has 0 fully saturated rings. The number of hydrazine groups is 1. The first-order valence-corrected chi connectivity index (χ1v) is 6.80. The number of hydrogen-bond donors (Lipinski definition) is 3. The Kier molecular flexibility index (Phi) is 5.03. The van der Waals surface area contributed by atoms with E-state index in [-0.39, 0.29) is 5.91 Å². The number of anilines is 1. The van der Waals surface area contributed by atoms with Gasteiger partial charge in [0.05, 0.1) is 5.56 Å². The molecule has 1 amide bonds. The van der Waals surface area contributed by atoms with Crippen LogP contribution in [-0.2, 0) is 6.42 Å². The van der Waals surface area contributed by atoms with Gasteiger partial charge in [-0.15, -0.1) is 0 Å². The second kappa shape index (κ2) is 6.97. The average Bonchev–Trinajstić information content (AvgIpc) is 2.48. The molecule has 2 aromatic rings. The molecular weight excluding hydrogens is 322 g/mol. The number of halogens is 1. The third-order valence-corrected chi connectivity index (χ3v) is 3.06. The number of nitrogens with two attached hydrogens (primary N) is 1. The number of rotatable bonds is 5. The number of hydrogen-bond acceptors (Lipinski definition) is 5. The monoisotopic (exact) mass is 335 g/mol. The van der Waals surface area contributed by atoms with E-state index in [2.05, 4.69) is 36.6 Å². The van der Waals surface area contributed by atoms with Crippen molar-refractivity contribution >= 4 is 27.7 Å². The molecule has 0 spiro atoms. The zero-order valence-corrected chi connectivity index (χ0v) is 12.2. The van der Waals surface area contributed by atoms with Crippen LogP contribution in [0.15, 0.2) is 41.1 Å². The molecule has 0 saturated carbocycles. The third-order valence-electron chi connectivity index (χ3n) is 2.63. The Morgan fingerprint density at radius 2 is 2.20 bits per heavy atom. The van der Waals surface area contributed by atoms with E-state index in [1.165, 1.54) is 0 Å². The lowest BCUT2D eigenvalue weighted by Crippen LogP contribution is -2.27. The maximum atomic E-state index is 12.1. The summed E-state index contributed by atoms with van der Waals surface area (Å²) in [7, 11) is 0. The van der Waals surface area contributed by atoms with Gasteiger partial charge in [-0.2, -0.15) is 0 Å². The number of aromatic nitrogens is 2. The summed E-state index contributed by atoms with van der Waals surface area (Å²) in [5.74, 6) is 5.44. The lowest BCUT2D eigenvalue weighted by Gasteiger charge is -2.09. The molecule has 0 aliphatic heterocycles. The first-order chi connectivity index (χ1) is 9.70. The highest BCUT2D eigenvalue weighted by molar-refractivity contribution is 9.10. The van der Waals surface area contributed by atoms with Crippen LogP contribution >= 0.6 is 15.9 Å². The normalized spacial score (nSPS) is 10.1. The van der Waals surface area contributed by atoms with Crippen molar-refractivity contribution in [2.24, 2.45) is 5.84 Å². The minimum atomic E-state index is -0.234. The molecule has 0 aromatic carbocycles. The molecule has 2 heterocycles. The number of pyridine rings is 2. The van der Waals surface area contributed by atoms with Crippen molar-refractivity contribution < 1.29 is 4.79 Å². The Balaban J connectivity index is 1.97. The van der Waals surface area contributed by atoms with Gasteiger partial charge in [-0.3, -0.25) is 9.78 Å². The van der Waals surface area contributed by atoms with Crippen molar-refractivity contribution in [3.05, 3.63) is 52.4 Å². The van der Waals surface area contributed by atoms with E-state index < -0.39 is 0 Å². The van der Waals surface area contributed by atoms with E-state index in [9.17, 15) is 4.79 Å². The summed E-state index contributed by atoms with van der Waals surface area (Å²) < 4.78 is 0.714. The zero-order valence-electron chi connectivity index (χ0n) is 10.6. The van der Waals surface area contributed by atoms with Crippen molar-refractivity contribution in [3.63, 3.8) is 0 Å². The molecule has 104 valence electrons. The van der Waals surface area contributed by atoms with Crippen molar-refractivity contribution in [2.75, 3.05) is 12.0 Å². The van der Waals surface area contributed by atoms with Crippen LogP contribution in [0.3, 0.4) is 0 Å². The van der Waals surface area contributed by atoms with Crippen LogP contribution in [0.4, 0.5) is 5.82 Å². The molecule has 0 bridgehead atoms. The summed E-state index contributed by atoms with van der Waals surface area (Å²) in [4.78, 5) is 20.3. The van der Waals surface area contributed by atoms with Gasteiger partial charge in [-0.25, -0.2) is 10.8 Å². The first-order valence-electron chi connectivity index (χ1n) is 6.01. The fraction of sp³-hybridized carbons (Fsp3) is 0.154. The van der Waals surface area contributed by atoms with Crippen LogP contribution < -0.4 is 16.6 Å². The Morgan fingerprint density at radius 3 is 2.90 bits per heavy atom. The predicted octanol–water partition coefficient (Wildman–Crippen LogP) is 1.50. The maximum absolute atomic E-state index is 12.1. The molecule has 0 aliphatic carbocycles. The highest BCUT2D eigenvalue weighted by Gasteiger charge is 2.12. The van der Waals surface area contributed by atoms with E-state index in [1.807, 2.05) is 18.2 Å². The van der Waals surface area contributed by atoms with E-state index >= 15 is 0 Å². The molecule has 0 aliphatic rings. The molecule has 6 nitrogen and oxygen atoms in total. The number of nitrogens with zero attached hydrogens (tertiary/aromatic N) is 2. The molecule has 0 radical (unpaired) electrons. The summed E-state index contributed by atoms with van der Waals surface area (Å²) in [6.45, 7) is 0.492. The van der Waals surface area contributed by atoms with E-state index in [0.29, 0.717) is 28.8 Å². The number of nitrogen functional groups attached to an aromatic ring is 1. The quantitative estimate of drug-likeness (QED) is 0.568. The van der Waals surface area contributed by atoms with Crippen molar-refractivity contribution in [1.29, 1.82) is 0 Å². The van der Waals surface area contributed by atoms with Gasteiger partial charge in [0.1, 0.15) is 0 Å². The number of carbonyl (C=O) groups is 1. The van der Waals surface area contributed by atoms with Crippen LogP contribution in [0.2, 0.25) is 0 Å². The summed E-state index contributed by atoms with van der Waals surface area (Å²) in [5, 5.41) is 2.81. The molecule has 7 heteroatoms.